The average molecular weight is 536 g/mol. The Bertz CT molecular complexity index is 1040. The van der Waals surface area contributed by atoms with Gasteiger partial charge in [-0.1, -0.05) is 25.3 Å². The number of nitrogens with zero attached hydrogens (tertiary/aromatic N) is 2. The molecule has 1 aromatic rings. The van der Waals surface area contributed by atoms with Crippen LogP contribution in [0.4, 0.5) is 0 Å². The molecule has 9 nitrogen and oxygen atoms in total. The molecule has 0 amide bonds. The molecule has 0 spiro atoms. The third-order valence-electron chi connectivity index (χ3n) is 7.63. The number of carboxylic acid groups (broad SMARTS) is 2. The minimum Gasteiger partial charge on any atom is -0.478 e. The van der Waals surface area contributed by atoms with E-state index in [0.717, 1.165) is 38.4 Å². The van der Waals surface area contributed by atoms with Gasteiger partial charge in [-0.25, -0.2) is 22.7 Å². The van der Waals surface area contributed by atoms with Gasteiger partial charge in [0.05, 0.1) is 4.90 Å². The lowest BCUT2D eigenvalue weighted by Gasteiger charge is -2.33. The Balaban J connectivity index is 0.000000414. The summed E-state index contributed by atoms with van der Waals surface area (Å²) < 4.78 is 28.5. The van der Waals surface area contributed by atoms with Crippen LogP contribution >= 0.6 is 0 Å². The summed E-state index contributed by atoms with van der Waals surface area (Å²) in [4.78, 5) is 24.4. The zero-order chi connectivity index (χ0) is 26.8. The van der Waals surface area contributed by atoms with E-state index in [9.17, 15) is 18.0 Å². The van der Waals surface area contributed by atoms with E-state index >= 15 is 0 Å². The van der Waals surface area contributed by atoms with E-state index < -0.39 is 22.0 Å². The number of likely N-dealkylation sites (tertiary alicyclic amines) is 1. The Morgan fingerprint density at radius 2 is 1.70 bits per heavy atom. The number of aliphatic carboxylic acids is 2. The summed E-state index contributed by atoms with van der Waals surface area (Å²) in [7, 11) is -1.30. The lowest BCUT2D eigenvalue weighted by atomic mass is 9.88. The van der Waals surface area contributed by atoms with Crippen LogP contribution in [-0.4, -0.2) is 79.6 Å². The second-order valence-electron chi connectivity index (χ2n) is 10.4. The molecule has 1 atom stereocenters. The number of benzene rings is 1. The lowest BCUT2D eigenvalue weighted by molar-refractivity contribution is -0.134. The average Bonchev–Trinajstić information content (AvgIpc) is 3.27. The summed E-state index contributed by atoms with van der Waals surface area (Å²) in [6, 6.07) is 6.26. The second kappa shape index (κ2) is 14.0. The molecule has 1 saturated heterocycles. The quantitative estimate of drug-likeness (QED) is 0.412. The summed E-state index contributed by atoms with van der Waals surface area (Å²) in [6.07, 6.45) is 12.3. The van der Waals surface area contributed by atoms with Crippen molar-refractivity contribution < 1.29 is 28.2 Å². The minimum atomic E-state index is -3.43. The van der Waals surface area contributed by atoms with Crippen LogP contribution in [0.3, 0.4) is 0 Å². The van der Waals surface area contributed by atoms with Crippen molar-refractivity contribution in [2.75, 3.05) is 33.2 Å². The predicted octanol–water partition coefficient (Wildman–Crippen LogP) is 3.10. The molecule has 0 aromatic heterocycles. The van der Waals surface area contributed by atoms with Crippen molar-refractivity contribution in [1.82, 2.24) is 14.5 Å². The molecule has 2 fully saturated rings. The van der Waals surface area contributed by atoms with Gasteiger partial charge in [0, 0.05) is 44.4 Å². The smallest absolute Gasteiger partial charge is 0.328 e. The van der Waals surface area contributed by atoms with Crippen LogP contribution in [0.5, 0.6) is 0 Å². The Morgan fingerprint density at radius 3 is 2.32 bits per heavy atom. The first-order valence-corrected chi connectivity index (χ1v) is 14.8. The number of hydrogen-bond donors (Lipinski definition) is 3. The van der Waals surface area contributed by atoms with Crippen molar-refractivity contribution in [3.05, 3.63) is 41.5 Å². The van der Waals surface area contributed by atoms with Gasteiger partial charge in [0.2, 0.25) is 10.0 Å². The van der Waals surface area contributed by atoms with Gasteiger partial charge in [-0.2, -0.15) is 0 Å². The highest BCUT2D eigenvalue weighted by Gasteiger charge is 2.24. The Hall–Kier alpha value is -2.27. The van der Waals surface area contributed by atoms with Gasteiger partial charge in [0.25, 0.3) is 0 Å². The number of hydrogen-bond acceptors (Lipinski definition) is 6. The molecule has 0 bridgehead atoms. The van der Waals surface area contributed by atoms with Gasteiger partial charge in [-0.05, 0) is 81.3 Å². The molecule has 2 heterocycles. The first-order valence-electron chi connectivity index (χ1n) is 13.3. The highest BCUT2D eigenvalue weighted by molar-refractivity contribution is 7.89. The van der Waals surface area contributed by atoms with E-state index in [0.29, 0.717) is 29.6 Å². The monoisotopic (exact) mass is 535 g/mol. The largest absolute Gasteiger partial charge is 0.478 e. The van der Waals surface area contributed by atoms with Crippen molar-refractivity contribution in [2.24, 2.45) is 5.92 Å². The van der Waals surface area contributed by atoms with Crippen LogP contribution in [0, 0.1) is 5.92 Å². The molecule has 1 saturated carbocycles. The number of fused-ring (bicyclic) bond motifs is 1. The van der Waals surface area contributed by atoms with Gasteiger partial charge in [-0.15, -0.1) is 0 Å². The maximum absolute atomic E-state index is 12.8. The van der Waals surface area contributed by atoms with Gasteiger partial charge in [-0.3, -0.25) is 4.90 Å². The SMILES string of the molecule is CN1CCC[C@H]1CCNS(=O)(=O)c1ccc2c(c1)CN(CC1CCCCC1)CC2.O=C(O)/C=C/C(=O)O. The summed E-state index contributed by atoms with van der Waals surface area (Å²) in [6.45, 7) is 4.80. The minimum absolute atomic E-state index is 0.426. The zero-order valence-corrected chi connectivity index (χ0v) is 22.6. The van der Waals surface area contributed by atoms with E-state index in [-0.39, 0.29) is 0 Å². The van der Waals surface area contributed by atoms with Crippen LogP contribution in [-0.2, 0) is 32.6 Å². The number of nitrogens with one attached hydrogen (secondary N) is 1. The summed E-state index contributed by atoms with van der Waals surface area (Å²) in [5.41, 5.74) is 2.52. The van der Waals surface area contributed by atoms with Gasteiger partial charge in [0.15, 0.2) is 0 Å². The molecule has 1 aliphatic carbocycles. The number of sulfonamides is 1. The Kier molecular flexibility index (Phi) is 11.1. The van der Waals surface area contributed by atoms with Gasteiger partial charge >= 0.3 is 11.9 Å². The second-order valence-corrected chi connectivity index (χ2v) is 12.2. The highest BCUT2D eigenvalue weighted by atomic mass is 32.2. The first kappa shape index (κ1) is 29.3. The molecule has 4 rings (SSSR count). The Labute approximate surface area is 220 Å². The van der Waals surface area contributed by atoms with Crippen molar-refractivity contribution in [3.63, 3.8) is 0 Å². The fourth-order valence-electron chi connectivity index (χ4n) is 5.58. The molecular weight excluding hydrogens is 494 g/mol. The van der Waals surface area contributed by atoms with Crippen LogP contribution < -0.4 is 4.72 Å². The standard InChI is InChI=1S/C23H37N3O2S.C4H4O4/c1-25-14-5-8-22(25)11-13-24-29(27,28)23-10-9-20-12-15-26(18-21(20)16-23)17-19-6-3-2-4-7-19;5-3(6)1-2-4(7)8/h9-10,16,19,22,24H,2-8,11-15,17-18H2,1H3;1-2H,(H,5,6)(H,7,8)/b;2-1+/t22-;/m0./s1. The van der Waals surface area contributed by atoms with Gasteiger partial charge < -0.3 is 15.1 Å². The van der Waals surface area contributed by atoms with Crippen LogP contribution in [0.1, 0.15) is 62.5 Å². The Morgan fingerprint density at radius 1 is 1.00 bits per heavy atom. The van der Waals surface area contributed by atoms with Crippen molar-refractivity contribution in [1.29, 1.82) is 0 Å². The van der Waals surface area contributed by atoms with Crippen LogP contribution in [0.15, 0.2) is 35.2 Å². The summed E-state index contributed by atoms with van der Waals surface area (Å²) >= 11 is 0. The topological polar surface area (TPSA) is 127 Å². The zero-order valence-electron chi connectivity index (χ0n) is 21.8. The van der Waals surface area contributed by atoms with E-state index in [1.54, 1.807) is 6.07 Å². The van der Waals surface area contributed by atoms with Crippen molar-refractivity contribution >= 4 is 22.0 Å². The maximum Gasteiger partial charge on any atom is 0.328 e. The third-order valence-corrected chi connectivity index (χ3v) is 9.09. The van der Waals surface area contributed by atoms with Gasteiger partial charge in [0.1, 0.15) is 0 Å². The number of rotatable bonds is 9. The molecule has 0 radical (unpaired) electrons. The van der Waals surface area contributed by atoms with E-state index in [1.807, 2.05) is 12.1 Å². The molecule has 37 heavy (non-hydrogen) atoms. The molecule has 206 valence electrons. The molecular formula is C27H41N3O6S. The molecule has 3 aliphatic rings. The van der Waals surface area contributed by atoms with E-state index in [4.69, 9.17) is 10.2 Å². The molecule has 3 N–H and O–H groups in total. The van der Waals surface area contributed by atoms with Crippen molar-refractivity contribution in [3.8, 4) is 0 Å². The third kappa shape index (κ3) is 9.52. The first-order chi connectivity index (χ1) is 17.6. The van der Waals surface area contributed by atoms with E-state index in [1.165, 1.54) is 62.6 Å². The molecule has 10 heteroatoms. The predicted molar refractivity (Wildman–Crippen MR) is 142 cm³/mol. The van der Waals surface area contributed by atoms with Crippen LogP contribution in [0.25, 0.3) is 0 Å². The molecule has 1 aromatic carbocycles. The highest BCUT2D eigenvalue weighted by Crippen LogP contribution is 2.28. The fraction of sp³-hybridized carbons (Fsp3) is 0.630. The number of carbonyl (C=O) groups is 2. The fourth-order valence-corrected chi connectivity index (χ4v) is 6.68. The maximum atomic E-state index is 12.8. The lowest BCUT2D eigenvalue weighted by Crippen LogP contribution is -2.35. The normalized spacial score (nSPS) is 21.4. The van der Waals surface area contributed by atoms with Crippen molar-refractivity contribution in [2.45, 2.75) is 75.3 Å². The molecule has 0 unspecified atom stereocenters. The molecule has 2 aliphatic heterocycles. The summed E-state index contributed by atoms with van der Waals surface area (Å²) in [5.74, 6) is -1.69. The summed E-state index contributed by atoms with van der Waals surface area (Å²) in [5, 5.41) is 15.6. The van der Waals surface area contributed by atoms with Crippen LogP contribution in [0.2, 0.25) is 0 Å². The van der Waals surface area contributed by atoms with E-state index in [2.05, 4.69) is 21.6 Å². The number of carboxylic acids is 2.